The molecule has 0 spiro atoms. The molecule has 0 bridgehead atoms. The SMILES string of the molecule is C[C@@H](OC(=O)c1cccc(NC(=O)c2cccs2)c1)C(=O)c1ccc2c(c1)CCC2. The van der Waals surface area contributed by atoms with E-state index in [0.29, 0.717) is 16.1 Å². The number of hydrogen-bond donors (Lipinski definition) is 1. The summed E-state index contributed by atoms with van der Waals surface area (Å²) in [6.07, 6.45) is 2.24. The second-order valence-electron chi connectivity index (χ2n) is 7.26. The summed E-state index contributed by atoms with van der Waals surface area (Å²) < 4.78 is 5.41. The van der Waals surface area contributed by atoms with Gasteiger partial charge in [-0.25, -0.2) is 4.79 Å². The Morgan fingerprint density at radius 1 is 0.967 bits per heavy atom. The third-order valence-electron chi connectivity index (χ3n) is 5.14. The van der Waals surface area contributed by atoms with Crippen molar-refractivity contribution >= 4 is 34.7 Å². The minimum absolute atomic E-state index is 0.222. The topological polar surface area (TPSA) is 72.5 Å². The summed E-state index contributed by atoms with van der Waals surface area (Å²) in [5.41, 5.74) is 3.81. The number of hydrogen-bond acceptors (Lipinski definition) is 5. The van der Waals surface area contributed by atoms with Crippen LogP contribution in [0.4, 0.5) is 5.69 Å². The van der Waals surface area contributed by atoms with Crippen LogP contribution in [-0.2, 0) is 17.6 Å². The van der Waals surface area contributed by atoms with Crippen LogP contribution >= 0.6 is 11.3 Å². The zero-order chi connectivity index (χ0) is 21.1. The fraction of sp³-hybridized carbons (Fsp3) is 0.208. The zero-order valence-corrected chi connectivity index (χ0v) is 17.3. The maximum absolute atomic E-state index is 12.7. The number of Topliss-reactive ketones (excluding diaryl/α,β-unsaturated/α-hetero) is 1. The quantitative estimate of drug-likeness (QED) is 0.455. The predicted octanol–water partition coefficient (Wildman–Crippen LogP) is 4.92. The minimum Gasteiger partial charge on any atom is -0.451 e. The number of esters is 1. The molecule has 0 aliphatic heterocycles. The molecule has 1 heterocycles. The fourth-order valence-electron chi connectivity index (χ4n) is 3.57. The fourth-order valence-corrected chi connectivity index (χ4v) is 4.19. The van der Waals surface area contributed by atoms with Gasteiger partial charge in [0.15, 0.2) is 6.10 Å². The Balaban J connectivity index is 1.42. The summed E-state index contributed by atoms with van der Waals surface area (Å²) >= 11 is 1.34. The number of fused-ring (bicyclic) bond motifs is 1. The number of aryl methyl sites for hydroxylation is 2. The van der Waals surface area contributed by atoms with Crippen LogP contribution in [0.2, 0.25) is 0 Å². The second kappa shape index (κ2) is 8.63. The lowest BCUT2D eigenvalue weighted by Gasteiger charge is -2.14. The molecule has 1 N–H and O–H groups in total. The van der Waals surface area contributed by atoms with Crippen LogP contribution in [0, 0.1) is 0 Å². The Labute approximate surface area is 178 Å². The van der Waals surface area contributed by atoms with Gasteiger partial charge in [-0.1, -0.05) is 24.3 Å². The minimum atomic E-state index is -0.902. The van der Waals surface area contributed by atoms with Crippen molar-refractivity contribution in [3.63, 3.8) is 0 Å². The summed E-state index contributed by atoms with van der Waals surface area (Å²) in [4.78, 5) is 38.1. The number of rotatable bonds is 6. The van der Waals surface area contributed by atoms with Crippen molar-refractivity contribution in [2.45, 2.75) is 32.3 Å². The van der Waals surface area contributed by atoms with Gasteiger partial charge >= 0.3 is 5.97 Å². The van der Waals surface area contributed by atoms with Gasteiger partial charge in [0, 0.05) is 11.3 Å². The third kappa shape index (κ3) is 4.33. The van der Waals surface area contributed by atoms with Gasteiger partial charge in [0.05, 0.1) is 10.4 Å². The number of ether oxygens (including phenoxy) is 1. The molecule has 1 aliphatic rings. The average molecular weight is 420 g/mol. The van der Waals surface area contributed by atoms with Crippen molar-refractivity contribution in [1.82, 2.24) is 0 Å². The van der Waals surface area contributed by atoms with E-state index in [1.807, 2.05) is 17.5 Å². The Bertz CT molecular complexity index is 1100. The van der Waals surface area contributed by atoms with Gasteiger partial charge < -0.3 is 10.1 Å². The van der Waals surface area contributed by atoms with Crippen molar-refractivity contribution < 1.29 is 19.1 Å². The lowest BCUT2D eigenvalue weighted by Crippen LogP contribution is -2.24. The molecule has 2 aromatic carbocycles. The highest BCUT2D eigenvalue weighted by Crippen LogP contribution is 2.24. The van der Waals surface area contributed by atoms with E-state index in [0.717, 1.165) is 19.3 Å². The smallest absolute Gasteiger partial charge is 0.338 e. The molecule has 5 nitrogen and oxygen atoms in total. The van der Waals surface area contributed by atoms with Gasteiger partial charge in [0.1, 0.15) is 0 Å². The van der Waals surface area contributed by atoms with Crippen molar-refractivity contribution in [2.75, 3.05) is 5.32 Å². The third-order valence-corrected chi connectivity index (χ3v) is 6.01. The normalized spacial score (nSPS) is 13.4. The molecule has 0 radical (unpaired) electrons. The molecule has 1 atom stereocenters. The summed E-state index contributed by atoms with van der Waals surface area (Å²) in [5.74, 6) is -1.07. The number of ketones is 1. The molecule has 0 unspecified atom stereocenters. The van der Waals surface area contributed by atoms with E-state index < -0.39 is 12.1 Å². The summed E-state index contributed by atoms with van der Waals surface area (Å²) in [6, 6.07) is 15.7. The van der Waals surface area contributed by atoms with Gasteiger partial charge in [0.25, 0.3) is 5.91 Å². The van der Waals surface area contributed by atoms with Gasteiger partial charge in [0.2, 0.25) is 5.78 Å². The first kappa shape index (κ1) is 20.0. The van der Waals surface area contributed by atoms with E-state index in [2.05, 4.69) is 5.32 Å². The molecule has 0 saturated carbocycles. The van der Waals surface area contributed by atoms with E-state index >= 15 is 0 Å². The van der Waals surface area contributed by atoms with Gasteiger partial charge in [-0.3, -0.25) is 9.59 Å². The average Bonchev–Trinajstić information content (AvgIpc) is 3.44. The molecule has 0 saturated heterocycles. The maximum Gasteiger partial charge on any atom is 0.338 e. The van der Waals surface area contributed by atoms with Crippen LogP contribution in [0.3, 0.4) is 0 Å². The number of nitrogens with one attached hydrogen (secondary N) is 1. The highest BCUT2D eigenvalue weighted by Gasteiger charge is 2.22. The number of carbonyl (C=O) groups is 3. The van der Waals surface area contributed by atoms with Crippen LogP contribution < -0.4 is 5.32 Å². The Hall–Kier alpha value is -3.25. The Morgan fingerprint density at radius 2 is 1.80 bits per heavy atom. The van der Waals surface area contributed by atoms with E-state index in [1.165, 1.54) is 22.5 Å². The van der Waals surface area contributed by atoms with Crippen LogP contribution in [0.5, 0.6) is 0 Å². The van der Waals surface area contributed by atoms with Crippen molar-refractivity contribution in [3.05, 3.63) is 87.1 Å². The lowest BCUT2D eigenvalue weighted by atomic mass is 10.0. The van der Waals surface area contributed by atoms with Crippen LogP contribution in [0.25, 0.3) is 0 Å². The molecule has 152 valence electrons. The number of benzene rings is 2. The number of anilines is 1. The van der Waals surface area contributed by atoms with Gasteiger partial charge in [-0.2, -0.15) is 0 Å². The highest BCUT2D eigenvalue weighted by molar-refractivity contribution is 7.12. The predicted molar refractivity (Wildman–Crippen MR) is 116 cm³/mol. The zero-order valence-electron chi connectivity index (χ0n) is 16.5. The summed E-state index contributed by atoms with van der Waals surface area (Å²) in [5, 5.41) is 4.58. The molecule has 0 fully saturated rings. The van der Waals surface area contributed by atoms with Gasteiger partial charge in [-0.15, -0.1) is 11.3 Å². The first-order valence-corrected chi connectivity index (χ1v) is 10.7. The first-order valence-electron chi connectivity index (χ1n) is 9.83. The van der Waals surface area contributed by atoms with E-state index in [1.54, 1.807) is 49.4 Å². The van der Waals surface area contributed by atoms with E-state index in [4.69, 9.17) is 4.74 Å². The Morgan fingerprint density at radius 3 is 2.60 bits per heavy atom. The molecular weight excluding hydrogens is 398 g/mol. The highest BCUT2D eigenvalue weighted by atomic mass is 32.1. The molecule has 30 heavy (non-hydrogen) atoms. The molecule has 1 aliphatic carbocycles. The van der Waals surface area contributed by atoms with Crippen LogP contribution in [0.1, 0.15) is 54.9 Å². The second-order valence-corrected chi connectivity index (χ2v) is 8.21. The molecular formula is C24H21NO4S. The standard InChI is InChI=1S/C24H21NO4S/c1-15(22(26)18-11-10-16-5-2-6-17(16)13-18)29-24(28)19-7-3-8-20(14-19)25-23(27)21-9-4-12-30-21/h3-4,7-15H,2,5-6H2,1H3,(H,25,27)/t15-/m1/s1. The molecule has 6 heteroatoms. The number of thiophene rings is 1. The maximum atomic E-state index is 12.7. The van der Waals surface area contributed by atoms with E-state index in [9.17, 15) is 14.4 Å². The molecule has 1 aromatic heterocycles. The molecule has 1 amide bonds. The summed E-state index contributed by atoms with van der Waals surface area (Å²) in [7, 11) is 0. The monoisotopic (exact) mass is 419 g/mol. The van der Waals surface area contributed by atoms with E-state index in [-0.39, 0.29) is 17.3 Å². The van der Waals surface area contributed by atoms with Crippen LogP contribution in [-0.4, -0.2) is 23.8 Å². The van der Waals surface area contributed by atoms with Crippen LogP contribution in [0.15, 0.2) is 60.0 Å². The summed E-state index contributed by atoms with van der Waals surface area (Å²) in [6.45, 7) is 1.58. The molecule has 3 aromatic rings. The largest absolute Gasteiger partial charge is 0.451 e. The van der Waals surface area contributed by atoms with Crippen molar-refractivity contribution in [2.24, 2.45) is 0 Å². The molecule has 4 rings (SSSR count). The Kier molecular flexibility index (Phi) is 5.77. The van der Waals surface area contributed by atoms with Gasteiger partial charge in [-0.05, 0) is 73.0 Å². The number of amides is 1. The van der Waals surface area contributed by atoms with Crippen molar-refractivity contribution in [1.29, 1.82) is 0 Å². The first-order chi connectivity index (χ1) is 14.5. The number of carbonyl (C=O) groups excluding carboxylic acids is 3. The lowest BCUT2D eigenvalue weighted by molar-refractivity contribution is 0.0319. The van der Waals surface area contributed by atoms with Crippen molar-refractivity contribution in [3.8, 4) is 0 Å².